The maximum absolute atomic E-state index is 12.0. The highest BCUT2D eigenvalue weighted by atomic mass is 16.5. The summed E-state index contributed by atoms with van der Waals surface area (Å²) < 4.78 is 7.62. The number of rotatable bonds is 3. The van der Waals surface area contributed by atoms with E-state index in [2.05, 4.69) is 15.2 Å². The molecule has 0 radical (unpaired) electrons. The van der Waals surface area contributed by atoms with Crippen LogP contribution in [0.15, 0.2) is 14.1 Å². The molecule has 2 aromatic heterocycles. The van der Waals surface area contributed by atoms with Gasteiger partial charge in [0.2, 0.25) is 5.89 Å². The Bertz CT molecular complexity index is 755. The van der Waals surface area contributed by atoms with Crippen LogP contribution >= 0.6 is 0 Å². The van der Waals surface area contributed by atoms with Crippen molar-refractivity contribution >= 4 is 0 Å². The van der Waals surface area contributed by atoms with Crippen LogP contribution in [0.4, 0.5) is 0 Å². The van der Waals surface area contributed by atoms with E-state index in [0.29, 0.717) is 24.6 Å². The minimum atomic E-state index is -0.653. The van der Waals surface area contributed by atoms with Crippen LogP contribution in [0.1, 0.15) is 43.7 Å². The van der Waals surface area contributed by atoms with E-state index in [4.69, 9.17) is 4.52 Å². The van der Waals surface area contributed by atoms with Gasteiger partial charge in [-0.05, 0) is 6.42 Å². The molecule has 8 nitrogen and oxygen atoms in total. The average Bonchev–Trinajstić information content (AvgIpc) is 3.04. The molecule has 2 aromatic rings. The van der Waals surface area contributed by atoms with Gasteiger partial charge in [-0.25, -0.2) is 4.68 Å². The Hall–Kier alpha value is -2.25. The maximum atomic E-state index is 12.0. The third kappa shape index (κ3) is 2.06. The van der Waals surface area contributed by atoms with E-state index < -0.39 is 11.1 Å². The number of aromatic nitrogens is 5. The fourth-order valence-corrected chi connectivity index (χ4v) is 2.19. The number of fused-ring (bicyclic) bond motifs is 1. The van der Waals surface area contributed by atoms with Crippen LogP contribution in [-0.4, -0.2) is 24.5 Å². The molecular weight excluding hydrogens is 262 g/mol. The molecule has 0 unspecified atom stereocenters. The zero-order valence-corrected chi connectivity index (χ0v) is 11.4. The highest BCUT2D eigenvalue weighted by Gasteiger charge is 2.19. The van der Waals surface area contributed by atoms with Crippen LogP contribution in [0, 0.1) is 0 Å². The van der Waals surface area contributed by atoms with Gasteiger partial charge in [0.15, 0.2) is 5.82 Å². The van der Waals surface area contributed by atoms with E-state index in [1.807, 2.05) is 13.8 Å². The Morgan fingerprint density at radius 2 is 2.10 bits per heavy atom. The van der Waals surface area contributed by atoms with Crippen LogP contribution in [0.2, 0.25) is 0 Å². The van der Waals surface area contributed by atoms with Crippen molar-refractivity contribution in [1.29, 1.82) is 0 Å². The van der Waals surface area contributed by atoms with Gasteiger partial charge in [-0.15, -0.1) is 0 Å². The number of hydrogen-bond donors (Lipinski definition) is 0. The minimum absolute atomic E-state index is 0.0294. The summed E-state index contributed by atoms with van der Waals surface area (Å²) in [5.74, 6) is 1.64. The Labute approximate surface area is 114 Å². The Balaban J connectivity index is 1.97. The molecule has 0 saturated heterocycles. The lowest BCUT2D eigenvalue weighted by molar-refractivity contribution is 0.354. The average molecular weight is 277 g/mol. The van der Waals surface area contributed by atoms with Crippen molar-refractivity contribution in [3.63, 3.8) is 0 Å². The molecule has 3 heterocycles. The Morgan fingerprint density at radius 1 is 1.30 bits per heavy atom. The summed E-state index contributed by atoms with van der Waals surface area (Å²) in [5, 5.41) is 8.03. The van der Waals surface area contributed by atoms with Crippen molar-refractivity contribution in [2.45, 2.75) is 45.7 Å². The molecule has 0 N–H and O–H groups in total. The van der Waals surface area contributed by atoms with E-state index >= 15 is 0 Å². The lowest BCUT2D eigenvalue weighted by atomic mass is 10.2. The number of hydrogen-bond acceptors (Lipinski definition) is 6. The van der Waals surface area contributed by atoms with Crippen LogP contribution < -0.4 is 11.1 Å². The summed E-state index contributed by atoms with van der Waals surface area (Å²) >= 11 is 0. The van der Waals surface area contributed by atoms with Crippen molar-refractivity contribution in [2.75, 3.05) is 0 Å². The summed E-state index contributed by atoms with van der Waals surface area (Å²) in [5.41, 5.74) is -1.18. The summed E-state index contributed by atoms with van der Waals surface area (Å²) in [6.07, 6.45) is 1.54. The molecule has 0 amide bonds. The van der Waals surface area contributed by atoms with Crippen LogP contribution in [-0.2, 0) is 19.5 Å². The number of aryl methyl sites for hydroxylation is 1. The van der Waals surface area contributed by atoms with E-state index in [9.17, 15) is 9.59 Å². The van der Waals surface area contributed by atoms with E-state index in [-0.39, 0.29) is 18.4 Å². The van der Waals surface area contributed by atoms with Crippen LogP contribution in [0.3, 0.4) is 0 Å². The van der Waals surface area contributed by atoms with E-state index in [1.165, 1.54) is 4.57 Å². The molecule has 106 valence electrons. The Morgan fingerprint density at radius 3 is 2.80 bits per heavy atom. The molecule has 20 heavy (non-hydrogen) atoms. The van der Waals surface area contributed by atoms with Gasteiger partial charge in [-0.3, -0.25) is 14.2 Å². The zero-order valence-electron chi connectivity index (χ0n) is 11.4. The van der Waals surface area contributed by atoms with Gasteiger partial charge in [-0.1, -0.05) is 19.0 Å². The predicted octanol–water partition coefficient (Wildman–Crippen LogP) is -0.0941. The molecule has 0 bridgehead atoms. The predicted molar refractivity (Wildman–Crippen MR) is 68.6 cm³/mol. The smallest absolute Gasteiger partial charge is 0.333 e. The lowest BCUT2D eigenvalue weighted by Crippen LogP contribution is -2.43. The first kappa shape index (κ1) is 12.8. The fourth-order valence-electron chi connectivity index (χ4n) is 2.19. The highest BCUT2D eigenvalue weighted by Crippen LogP contribution is 2.10. The van der Waals surface area contributed by atoms with Gasteiger partial charge in [0.25, 0.3) is 0 Å². The number of nitrogens with zero attached hydrogens (tertiary/aromatic N) is 5. The zero-order chi connectivity index (χ0) is 14.3. The first-order chi connectivity index (χ1) is 9.56. The van der Waals surface area contributed by atoms with Gasteiger partial charge >= 0.3 is 11.1 Å². The van der Waals surface area contributed by atoms with Gasteiger partial charge in [0, 0.05) is 18.9 Å². The SMILES string of the molecule is CC(C)c1noc(Cn2nc3n(c(=O)c2=O)CCC3)n1. The van der Waals surface area contributed by atoms with Gasteiger partial charge in [0.1, 0.15) is 12.4 Å². The molecule has 0 aliphatic carbocycles. The highest BCUT2D eigenvalue weighted by molar-refractivity contribution is 4.97. The summed E-state index contributed by atoms with van der Waals surface area (Å²) in [7, 11) is 0. The Kier molecular flexibility index (Phi) is 3.00. The molecule has 1 aliphatic heterocycles. The van der Waals surface area contributed by atoms with Crippen LogP contribution in [0.25, 0.3) is 0 Å². The van der Waals surface area contributed by atoms with Crippen molar-refractivity contribution in [3.8, 4) is 0 Å². The monoisotopic (exact) mass is 277 g/mol. The van der Waals surface area contributed by atoms with Crippen molar-refractivity contribution in [1.82, 2.24) is 24.5 Å². The third-order valence-corrected chi connectivity index (χ3v) is 3.28. The molecule has 0 aromatic carbocycles. The second-order valence-electron chi connectivity index (χ2n) is 5.14. The molecule has 0 atom stereocenters. The topological polar surface area (TPSA) is 95.8 Å². The fraction of sp³-hybridized carbons (Fsp3) is 0.583. The lowest BCUT2D eigenvalue weighted by Gasteiger charge is -2.05. The summed E-state index contributed by atoms with van der Waals surface area (Å²) in [4.78, 5) is 28.0. The van der Waals surface area contributed by atoms with Crippen molar-refractivity contribution in [3.05, 3.63) is 38.2 Å². The van der Waals surface area contributed by atoms with E-state index in [0.717, 1.165) is 11.1 Å². The second-order valence-corrected chi connectivity index (χ2v) is 5.14. The van der Waals surface area contributed by atoms with Crippen molar-refractivity contribution < 1.29 is 4.52 Å². The van der Waals surface area contributed by atoms with Crippen molar-refractivity contribution in [2.24, 2.45) is 0 Å². The first-order valence-electron chi connectivity index (χ1n) is 6.59. The molecule has 0 spiro atoms. The molecule has 8 heteroatoms. The molecule has 0 saturated carbocycles. The van der Waals surface area contributed by atoms with Gasteiger partial charge in [-0.2, -0.15) is 10.1 Å². The molecule has 1 aliphatic rings. The van der Waals surface area contributed by atoms with Gasteiger partial charge < -0.3 is 4.52 Å². The summed E-state index contributed by atoms with van der Waals surface area (Å²) in [6, 6.07) is 0. The minimum Gasteiger partial charge on any atom is -0.337 e. The second kappa shape index (κ2) is 4.69. The first-order valence-corrected chi connectivity index (χ1v) is 6.59. The quantitative estimate of drug-likeness (QED) is 0.727. The largest absolute Gasteiger partial charge is 0.337 e. The third-order valence-electron chi connectivity index (χ3n) is 3.28. The maximum Gasteiger partial charge on any atom is 0.333 e. The normalized spacial score (nSPS) is 13.9. The standard InChI is InChI=1S/C12H15N5O3/c1-7(2)10-13-9(20-15-10)6-17-12(19)11(18)16-5-3-4-8(16)14-17/h7H,3-6H2,1-2H3. The van der Waals surface area contributed by atoms with Crippen LogP contribution in [0.5, 0.6) is 0 Å². The van der Waals surface area contributed by atoms with Gasteiger partial charge in [0.05, 0.1) is 0 Å². The molecule has 0 fully saturated rings. The van der Waals surface area contributed by atoms with E-state index in [1.54, 1.807) is 0 Å². The molecule has 3 rings (SSSR count). The summed E-state index contributed by atoms with van der Waals surface area (Å²) in [6.45, 7) is 4.48. The molecular formula is C12H15N5O3.